The summed E-state index contributed by atoms with van der Waals surface area (Å²) in [6, 6.07) is 7.32. The number of likely N-dealkylation sites (N-methyl/N-ethyl adjacent to an activating group) is 1. The van der Waals surface area contributed by atoms with Crippen LogP contribution in [-0.2, 0) is 6.54 Å². The van der Waals surface area contributed by atoms with E-state index < -0.39 is 0 Å². The molecule has 0 saturated carbocycles. The Bertz CT molecular complexity index is 665. The molecule has 1 heterocycles. The first kappa shape index (κ1) is 20.5. The molecule has 0 saturated heterocycles. The van der Waals surface area contributed by atoms with Crippen LogP contribution in [-0.4, -0.2) is 48.2 Å². The van der Waals surface area contributed by atoms with Crippen molar-refractivity contribution in [3.05, 3.63) is 41.0 Å². The SMILES string of the molecule is CN=C(NCc1noc(C)n1)N(C)CCOc1cccc(Cl)c1.I. The van der Waals surface area contributed by atoms with Crippen molar-refractivity contribution in [3.63, 3.8) is 0 Å². The number of rotatable bonds is 6. The molecule has 132 valence electrons. The maximum atomic E-state index is 5.92. The molecule has 1 N–H and O–H groups in total. The monoisotopic (exact) mass is 465 g/mol. The van der Waals surface area contributed by atoms with Gasteiger partial charge < -0.3 is 19.5 Å². The number of nitrogens with zero attached hydrogens (tertiary/aromatic N) is 4. The van der Waals surface area contributed by atoms with Gasteiger partial charge in [-0.25, -0.2) is 0 Å². The molecule has 0 unspecified atom stereocenters. The lowest BCUT2D eigenvalue weighted by Gasteiger charge is -2.21. The molecule has 2 aromatic rings. The van der Waals surface area contributed by atoms with E-state index in [9.17, 15) is 0 Å². The molecule has 24 heavy (non-hydrogen) atoms. The maximum absolute atomic E-state index is 5.92. The molecule has 7 nitrogen and oxygen atoms in total. The van der Waals surface area contributed by atoms with Gasteiger partial charge in [0.2, 0.25) is 5.89 Å². The van der Waals surface area contributed by atoms with Gasteiger partial charge in [-0.05, 0) is 18.2 Å². The first-order valence-electron chi connectivity index (χ1n) is 7.18. The van der Waals surface area contributed by atoms with Gasteiger partial charge in [0.25, 0.3) is 0 Å². The number of hydrogen-bond donors (Lipinski definition) is 1. The average Bonchev–Trinajstić information content (AvgIpc) is 2.93. The zero-order valence-corrected chi connectivity index (χ0v) is 16.9. The Morgan fingerprint density at radius 1 is 1.46 bits per heavy atom. The lowest BCUT2D eigenvalue weighted by atomic mass is 10.3. The highest BCUT2D eigenvalue weighted by atomic mass is 127. The summed E-state index contributed by atoms with van der Waals surface area (Å²) < 4.78 is 10.6. The number of aliphatic imine (C=N–C) groups is 1. The van der Waals surface area contributed by atoms with Gasteiger partial charge in [0.05, 0.1) is 13.1 Å². The lowest BCUT2D eigenvalue weighted by molar-refractivity contribution is 0.281. The molecule has 1 aromatic carbocycles. The van der Waals surface area contributed by atoms with Crippen molar-refractivity contribution in [2.75, 3.05) is 27.2 Å². The van der Waals surface area contributed by atoms with Crippen molar-refractivity contribution < 1.29 is 9.26 Å². The Morgan fingerprint density at radius 3 is 2.88 bits per heavy atom. The Balaban J connectivity index is 0.00000288. The smallest absolute Gasteiger partial charge is 0.223 e. The summed E-state index contributed by atoms with van der Waals surface area (Å²) >= 11 is 5.92. The maximum Gasteiger partial charge on any atom is 0.223 e. The molecule has 0 amide bonds. The number of halogens is 2. The molecule has 9 heteroatoms. The fourth-order valence-corrected chi connectivity index (χ4v) is 2.10. The summed E-state index contributed by atoms with van der Waals surface area (Å²) in [6.45, 7) is 3.38. The zero-order chi connectivity index (χ0) is 16.7. The second-order valence-electron chi connectivity index (χ2n) is 4.86. The first-order valence-corrected chi connectivity index (χ1v) is 7.55. The first-order chi connectivity index (χ1) is 11.1. The summed E-state index contributed by atoms with van der Waals surface area (Å²) in [4.78, 5) is 10.3. The Kier molecular flexibility index (Phi) is 8.83. The van der Waals surface area contributed by atoms with Gasteiger partial charge in [-0.1, -0.05) is 22.8 Å². The topological polar surface area (TPSA) is 75.8 Å². The van der Waals surface area contributed by atoms with Crippen LogP contribution in [0.1, 0.15) is 11.7 Å². The second-order valence-corrected chi connectivity index (χ2v) is 5.29. The van der Waals surface area contributed by atoms with Crippen LogP contribution in [0, 0.1) is 6.92 Å². The molecular formula is C15H21ClIN5O2. The number of guanidine groups is 1. The van der Waals surface area contributed by atoms with Crippen LogP contribution >= 0.6 is 35.6 Å². The van der Waals surface area contributed by atoms with Crippen LogP contribution in [0.4, 0.5) is 0 Å². The summed E-state index contributed by atoms with van der Waals surface area (Å²) in [5.74, 6) is 2.60. The summed E-state index contributed by atoms with van der Waals surface area (Å²) in [5.41, 5.74) is 0. The molecule has 0 spiro atoms. The van der Waals surface area contributed by atoms with E-state index in [4.69, 9.17) is 20.9 Å². The van der Waals surface area contributed by atoms with Crippen LogP contribution in [0.15, 0.2) is 33.8 Å². The molecule has 0 aliphatic carbocycles. The van der Waals surface area contributed by atoms with Crippen LogP contribution in [0.2, 0.25) is 5.02 Å². The molecule has 0 atom stereocenters. The van der Waals surface area contributed by atoms with Gasteiger partial charge in [0.1, 0.15) is 12.4 Å². The van der Waals surface area contributed by atoms with Crippen LogP contribution in [0.3, 0.4) is 0 Å². The predicted octanol–water partition coefficient (Wildman–Crippen LogP) is 2.74. The third-order valence-corrected chi connectivity index (χ3v) is 3.27. The van der Waals surface area contributed by atoms with Crippen LogP contribution in [0.25, 0.3) is 0 Å². The van der Waals surface area contributed by atoms with Crippen molar-refractivity contribution >= 4 is 41.5 Å². The predicted molar refractivity (Wildman–Crippen MR) is 104 cm³/mol. The van der Waals surface area contributed by atoms with E-state index >= 15 is 0 Å². The number of aromatic nitrogens is 2. The van der Waals surface area contributed by atoms with Gasteiger partial charge in [-0.3, -0.25) is 4.99 Å². The molecule has 2 rings (SSSR count). The molecule has 0 fully saturated rings. The van der Waals surface area contributed by atoms with E-state index in [1.807, 2.05) is 30.1 Å². The minimum atomic E-state index is 0. The molecule has 0 bridgehead atoms. The molecule has 1 aromatic heterocycles. The highest BCUT2D eigenvalue weighted by Crippen LogP contribution is 2.16. The van der Waals surface area contributed by atoms with E-state index in [2.05, 4.69) is 20.4 Å². The normalized spacial score (nSPS) is 10.9. The van der Waals surface area contributed by atoms with Gasteiger partial charge in [0, 0.05) is 26.0 Å². The summed E-state index contributed by atoms with van der Waals surface area (Å²) in [6.07, 6.45) is 0. The number of ether oxygens (including phenoxy) is 1. The molecule has 0 aliphatic rings. The molecule has 0 radical (unpaired) electrons. The van der Waals surface area contributed by atoms with Gasteiger partial charge >= 0.3 is 0 Å². The average molecular weight is 466 g/mol. The van der Waals surface area contributed by atoms with E-state index in [0.717, 1.165) is 11.7 Å². The fraction of sp³-hybridized carbons (Fsp3) is 0.400. The molecule has 0 aliphatic heterocycles. The number of aryl methyl sites for hydroxylation is 1. The Morgan fingerprint density at radius 2 is 2.25 bits per heavy atom. The van der Waals surface area contributed by atoms with Gasteiger partial charge in [0.15, 0.2) is 11.8 Å². The quantitative estimate of drug-likeness (QED) is 0.402. The Labute approximate surface area is 163 Å². The fourth-order valence-electron chi connectivity index (χ4n) is 1.92. The van der Waals surface area contributed by atoms with Crippen molar-refractivity contribution in [1.82, 2.24) is 20.4 Å². The Hall–Kier alpha value is -1.55. The van der Waals surface area contributed by atoms with E-state index in [1.54, 1.807) is 20.0 Å². The van der Waals surface area contributed by atoms with Gasteiger partial charge in [-0.15, -0.1) is 24.0 Å². The highest BCUT2D eigenvalue weighted by Gasteiger charge is 2.08. The number of hydrogen-bond acceptors (Lipinski definition) is 5. The zero-order valence-electron chi connectivity index (χ0n) is 13.8. The molecular weight excluding hydrogens is 445 g/mol. The lowest BCUT2D eigenvalue weighted by Crippen LogP contribution is -2.40. The van der Waals surface area contributed by atoms with Crippen LogP contribution < -0.4 is 10.1 Å². The van der Waals surface area contributed by atoms with Crippen molar-refractivity contribution in [2.24, 2.45) is 4.99 Å². The summed E-state index contributed by atoms with van der Waals surface area (Å²) in [5, 5.41) is 7.66. The summed E-state index contributed by atoms with van der Waals surface area (Å²) in [7, 11) is 3.65. The van der Waals surface area contributed by atoms with E-state index in [0.29, 0.717) is 36.4 Å². The van der Waals surface area contributed by atoms with E-state index in [1.165, 1.54) is 0 Å². The third kappa shape index (κ3) is 6.52. The van der Waals surface area contributed by atoms with Crippen molar-refractivity contribution in [3.8, 4) is 5.75 Å². The van der Waals surface area contributed by atoms with E-state index in [-0.39, 0.29) is 24.0 Å². The van der Waals surface area contributed by atoms with Gasteiger partial charge in [-0.2, -0.15) is 4.98 Å². The van der Waals surface area contributed by atoms with Crippen molar-refractivity contribution in [2.45, 2.75) is 13.5 Å². The standard InChI is InChI=1S/C15H20ClN5O2.HI/c1-11-19-14(20-23-11)10-18-15(17-2)21(3)7-8-22-13-6-4-5-12(16)9-13;/h4-6,9H,7-8,10H2,1-3H3,(H,17,18);1H. The minimum Gasteiger partial charge on any atom is -0.492 e. The van der Waals surface area contributed by atoms with Crippen LogP contribution in [0.5, 0.6) is 5.75 Å². The number of benzene rings is 1. The largest absolute Gasteiger partial charge is 0.492 e. The number of nitrogens with one attached hydrogen (secondary N) is 1. The third-order valence-electron chi connectivity index (χ3n) is 3.04. The minimum absolute atomic E-state index is 0. The highest BCUT2D eigenvalue weighted by molar-refractivity contribution is 14.0. The second kappa shape index (κ2) is 10.3. The van der Waals surface area contributed by atoms with Crippen molar-refractivity contribution in [1.29, 1.82) is 0 Å².